The molecule has 0 saturated carbocycles. The van der Waals surface area contributed by atoms with Crippen LogP contribution in [0.1, 0.15) is 11.1 Å². The Morgan fingerprint density at radius 2 is 1.84 bits per heavy atom. The topological polar surface area (TPSA) is 35.2 Å². The van der Waals surface area contributed by atoms with E-state index in [1.807, 2.05) is 12.1 Å². The number of hydrogen-bond acceptors (Lipinski definition) is 2. The van der Waals surface area contributed by atoms with Gasteiger partial charge in [-0.1, -0.05) is 23.7 Å². The molecule has 0 aromatic heterocycles. The molecular weight excluding hydrogens is 265 g/mol. The second-order valence-corrected chi connectivity index (χ2v) is 4.64. The highest BCUT2D eigenvalue weighted by atomic mass is 35.5. The molecule has 0 aliphatic heterocycles. The summed E-state index contributed by atoms with van der Waals surface area (Å²) in [5.74, 6) is 0.512. The van der Waals surface area contributed by atoms with Crippen molar-refractivity contribution < 1.29 is 9.13 Å². The molecule has 2 aromatic rings. The first-order chi connectivity index (χ1) is 9.19. The average molecular weight is 280 g/mol. The van der Waals surface area contributed by atoms with Gasteiger partial charge < -0.3 is 10.5 Å². The van der Waals surface area contributed by atoms with Gasteiger partial charge in [-0.15, -0.1) is 0 Å². The maximum Gasteiger partial charge on any atom is 0.123 e. The fourth-order valence-corrected chi connectivity index (χ4v) is 1.98. The molecule has 0 spiro atoms. The molecule has 0 saturated heterocycles. The van der Waals surface area contributed by atoms with Crippen molar-refractivity contribution in [1.29, 1.82) is 0 Å². The van der Waals surface area contributed by atoms with Crippen molar-refractivity contribution in [1.82, 2.24) is 0 Å². The lowest BCUT2D eigenvalue weighted by molar-refractivity contribution is 0.303. The molecule has 0 unspecified atom stereocenters. The number of halogens is 2. The summed E-state index contributed by atoms with van der Waals surface area (Å²) in [5, 5.41) is 0.664. The van der Waals surface area contributed by atoms with Crippen LogP contribution in [-0.4, -0.2) is 6.54 Å². The van der Waals surface area contributed by atoms with Gasteiger partial charge in [-0.2, -0.15) is 0 Å². The second-order valence-electron chi connectivity index (χ2n) is 4.21. The first kappa shape index (κ1) is 13.8. The Morgan fingerprint density at radius 1 is 1.11 bits per heavy atom. The minimum absolute atomic E-state index is 0.251. The summed E-state index contributed by atoms with van der Waals surface area (Å²) in [6.07, 6.45) is 0.708. The van der Waals surface area contributed by atoms with E-state index in [2.05, 4.69) is 0 Å². The van der Waals surface area contributed by atoms with Crippen LogP contribution in [0.4, 0.5) is 4.39 Å². The van der Waals surface area contributed by atoms with Crippen molar-refractivity contribution in [3.63, 3.8) is 0 Å². The number of rotatable bonds is 5. The molecule has 2 rings (SSSR count). The highest BCUT2D eigenvalue weighted by Crippen LogP contribution is 2.24. The lowest BCUT2D eigenvalue weighted by Gasteiger charge is -2.11. The highest BCUT2D eigenvalue weighted by Gasteiger charge is 2.05. The van der Waals surface area contributed by atoms with Crippen LogP contribution in [0.3, 0.4) is 0 Å². The van der Waals surface area contributed by atoms with Crippen molar-refractivity contribution in [2.75, 3.05) is 6.54 Å². The summed E-state index contributed by atoms with van der Waals surface area (Å²) in [5.41, 5.74) is 7.46. The van der Waals surface area contributed by atoms with Gasteiger partial charge in [-0.05, 0) is 54.4 Å². The molecule has 4 heteroatoms. The Morgan fingerprint density at radius 3 is 2.53 bits per heavy atom. The number of benzene rings is 2. The van der Waals surface area contributed by atoms with Gasteiger partial charge in [0.05, 0.1) is 0 Å². The summed E-state index contributed by atoms with van der Waals surface area (Å²) in [7, 11) is 0. The number of hydrogen-bond donors (Lipinski definition) is 1. The molecule has 2 nitrogen and oxygen atoms in total. The molecule has 0 aliphatic rings. The van der Waals surface area contributed by atoms with Crippen molar-refractivity contribution >= 4 is 11.6 Å². The Bertz CT molecular complexity index is 542. The van der Waals surface area contributed by atoms with E-state index in [0.29, 0.717) is 24.6 Å². The smallest absolute Gasteiger partial charge is 0.123 e. The third kappa shape index (κ3) is 3.94. The average Bonchev–Trinajstić information content (AvgIpc) is 2.40. The lowest BCUT2D eigenvalue weighted by atomic mass is 10.1. The van der Waals surface area contributed by atoms with E-state index in [0.717, 1.165) is 16.9 Å². The zero-order valence-corrected chi connectivity index (χ0v) is 11.2. The summed E-state index contributed by atoms with van der Waals surface area (Å²) >= 11 is 5.95. The monoisotopic (exact) mass is 279 g/mol. The van der Waals surface area contributed by atoms with Crippen LogP contribution in [0.25, 0.3) is 0 Å². The molecule has 0 aliphatic carbocycles. The van der Waals surface area contributed by atoms with Gasteiger partial charge in [0.25, 0.3) is 0 Å². The van der Waals surface area contributed by atoms with Crippen molar-refractivity contribution in [2.45, 2.75) is 13.0 Å². The van der Waals surface area contributed by atoms with E-state index in [9.17, 15) is 4.39 Å². The third-order valence-corrected chi connectivity index (χ3v) is 2.98. The Balaban J connectivity index is 2.08. The molecule has 2 aromatic carbocycles. The molecule has 0 radical (unpaired) electrons. The van der Waals surface area contributed by atoms with Gasteiger partial charge in [0.15, 0.2) is 0 Å². The molecule has 0 atom stereocenters. The third-order valence-electron chi connectivity index (χ3n) is 2.74. The molecule has 0 bridgehead atoms. The molecule has 100 valence electrons. The maximum atomic E-state index is 12.8. The van der Waals surface area contributed by atoms with E-state index in [4.69, 9.17) is 22.1 Å². The summed E-state index contributed by atoms with van der Waals surface area (Å²) < 4.78 is 18.5. The molecular formula is C15H15ClFNO. The van der Waals surface area contributed by atoms with Gasteiger partial charge in [0, 0.05) is 5.02 Å². The predicted molar refractivity (Wildman–Crippen MR) is 74.9 cm³/mol. The van der Waals surface area contributed by atoms with E-state index in [1.54, 1.807) is 18.2 Å². The maximum absolute atomic E-state index is 12.8. The van der Waals surface area contributed by atoms with Crippen LogP contribution in [0.2, 0.25) is 5.02 Å². The Labute approximate surface area is 117 Å². The minimum Gasteiger partial charge on any atom is -0.489 e. The molecule has 19 heavy (non-hydrogen) atoms. The van der Waals surface area contributed by atoms with Crippen LogP contribution in [0.5, 0.6) is 5.75 Å². The lowest BCUT2D eigenvalue weighted by Crippen LogP contribution is -2.05. The van der Waals surface area contributed by atoms with Crippen molar-refractivity contribution in [3.8, 4) is 5.75 Å². The fourth-order valence-electron chi connectivity index (χ4n) is 1.78. The Hall–Kier alpha value is -1.58. The predicted octanol–water partition coefficient (Wildman–Crippen LogP) is 3.56. The quantitative estimate of drug-likeness (QED) is 0.908. The molecule has 2 N–H and O–H groups in total. The van der Waals surface area contributed by atoms with Crippen LogP contribution >= 0.6 is 11.6 Å². The SMILES string of the molecule is NCCc1cc(Cl)ccc1OCc1ccc(F)cc1. The number of nitrogens with two attached hydrogens (primary N) is 1. The van der Waals surface area contributed by atoms with Crippen LogP contribution < -0.4 is 10.5 Å². The summed E-state index contributed by atoms with van der Waals surface area (Å²) in [6, 6.07) is 11.7. The molecule has 0 fully saturated rings. The summed E-state index contributed by atoms with van der Waals surface area (Å²) in [4.78, 5) is 0. The molecule has 0 heterocycles. The van der Waals surface area contributed by atoms with Crippen LogP contribution in [0, 0.1) is 5.82 Å². The van der Waals surface area contributed by atoms with E-state index >= 15 is 0 Å². The van der Waals surface area contributed by atoms with E-state index in [1.165, 1.54) is 12.1 Å². The van der Waals surface area contributed by atoms with Gasteiger partial charge in [0.1, 0.15) is 18.2 Å². The van der Waals surface area contributed by atoms with Crippen molar-refractivity contribution in [2.24, 2.45) is 5.73 Å². The van der Waals surface area contributed by atoms with Gasteiger partial charge in [-0.25, -0.2) is 4.39 Å². The van der Waals surface area contributed by atoms with Crippen molar-refractivity contribution in [3.05, 3.63) is 64.4 Å². The van der Waals surface area contributed by atoms with Gasteiger partial charge in [0.2, 0.25) is 0 Å². The van der Waals surface area contributed by atoms with E-state index < -0.39 is 0 Å². The fraction of sp³-hybridized carbons (Fsp3) is 0.200. The summed E-state index contributed by atoms with van der Waals surface area (Å²) in [6.45, 7) is 0.923. The highest BCUT2D eigenvalue weighted by molar-refractivity contribution is 6.30. The second kappa shape index (κ2) is 6.55. The van der Waals surface area contributed by atoms with Crippen LogP contribution in [0.15, 0.2) is 42.5 Å². The minimum atomic E-state index is -0.251. The normalized spacial score (nSPS) is 10.5. The van der Waals surface area contributed by atoms with E-state index in [-0.39, 0.29) is 5.82 Å². The number of ether oxygens (including phenoxy) is 1. The zero-order chi connectivity index (χ0) is 13.7. The van der Waals surface area contributed by atoms with Gasteiger partial charge >= 0.3 is 0 Å². The first-order valence-electron chi connectivity index (χ1n) is 6.05. The van der Waals surface area contributed by atoms with Crippen LogP contribution in [-0.2, 0) is 13.0 Å². The standard InChI is InChI=1S/C15H15ClFNO/c16-13-3-6-15(12(9-13)7-8-18)19-10-11-1-4-14(17)5-2-11/h1-6,9H,7-8,10,18H2. The zero-order valence-electron chi connectivity index (χ0n) is 10.4. The molecule has 0 amide bonds. The first-order valence-corrected chi connectivity index (χ1v) is 6.42. The Kier molecular flexibility index (Phi) is 4.77. The van der Waals surface area contributed by atoms with Gasteiger partial charge in [-0.3, -0.25) is 0 Å². The largest absolute Gasteiger partial charge is 0.489 e.